The smallest absolute Gasteiger partial charge is 0.338 e. The van der Waals surface area contributed by atoms with E-state index in [4.69, 9.17) is 0 Å². The van der Waals surface area contributed by atoms with Gasteiger partial charge in [-0.25, -0.2) is 4.79 Å². The van der Waals surface area contributed by atoms with Crippen LogP contribution in [0.25, 0.3) is 0 Å². The lowest BCUT2D eigenvalue weighted by Crippen LogP contribution is -2.46. The molecule has 0 aliphatic heterocycles. The summed E-state index contributed by atoms with van der Waals surface area (Å²) in [6.45, 7) is 1.86. The van der Waals surface area contributed by atoms with Crippen molar-refractivity contribution in [2.24, 2.45) is 0 Å². The lowest BCUT2D eigenvalue weighted by molar-refractivity contribution is -0.159. The van der Waals surface area contributed by atoms with Gasteiger partial charge in [0.1, 0.15) is 0 Å². The summed E-state index contributed by atoms with van der Waals surface area (Å²) >= 11 is 0. The highest BCUT2D eigenvalue weighted by Gasteiger charge is 2.30. The molecule has 0 spiro atoms. The molecular formula is C11H20N2O4. The Balaban J connectivity index is 2.09. The fourth-order valence-electron chi connectivity index (χ4n) is 1.35. The maximum atomic E-state index is 11.3. The van der Waals surface area contributed by atoms with E-state index < -0.39 is 11.6 Å². The first-order chi connectivity index (χ1) is 7.95. The fraction of sp³-hybridized carbons (Fsp3) is 0.818. The van der Waals surface area contributed by atoms with Crippen molar-refractivity contribution in [1.29, 1.82) is 0 Å². The van der Waals surface area contributed by atoms with Crippen molar-refractivity contribution >= 4 is 11.9 Å². The first-order valence-electron chi connectivity index (χ1n) is 5.76. The zero-order valence-corrected chi connectivity index (χ0v) is 10.3. The number of amides is 1. The fourth-order valence-corrected chi connectivity index (χ4v) is 1.35. The van der Waals surface area contributed by atoms with Crippen molar-refractivity contribution in [3.63, 3.8) is 0 Å². The number of methoxy groups -OCH3 is 1. The van der Waals surface area contributed by atoms with Crippen LogP contribution in [0.1, 0.15) is 26.2 Å². The molecular weight excluding hydrogens is 224 g/mol. The van der Waals surface area contributed by atoms with E-state index in [-0.39, 0.29) is 12.5 Å². The minimum atomic E-state index is -1.55. The van der Waals surface area contributed by atoms with E-state index in [1.165, 1.54) is 14.0 Å². The molecule has 98 valence electrons. The van der Waals surface area contributed by atoms with Gasteiger partial charge < -0.3 is 20.5 Å². The van der Waals surface area contributed by atoms with Gasteiger partial charge >= 0.3 is 5.97 Å². The summed E-state index contributed by atoms with van der Waals surface area (Å²) in [6, 6.07) is 0.362. The summed E-state index contributed by atoms with van der Waals surface area (Å²) in [5.41, 5.74) is -1.55. The average molecular weight is 244 g/mol. The quantitative estimate of drug-likeness (QED) is 0.402. The Bertz CT molecular complexity index is 287. The van der Waals surface area contributed by atoms with Crippen molar-refractivity contribution in [2.75, 3.05) is 20.2 Å². The number of esters is 1. The number of nitrogens with one attached hydrogen (secondary N) is 2. The number of carbonyl (C=O) groups is 2. The molecule has 0 radical (unpaired) electrons. The van der Waals surface area contributed by atoms with Crippen LogP contribution in [0.15, 0.2) is 0 Å². The maximum absolute atomic E-state index is 11.3. The standard InChI is InChI=1S/C11H20N2O4/c1-11(16,10(15)17-2)7-12-6-5-9(14)13-8-3-4-8/h8,12,16H,3-7H2,1-2H3,(H,13,14). The van der Waals surface area contributed by atoms with Crippen LogP contribution in [0.4, 0.5) is 0 Å². The lowest BCUT2D eigenvalue weighted by Gasteiger charge is -2.20. The Morgan fingerprint density at radius 3 is 2.65 bits per heavy atom. The topological polar surface area (TPSA) is 87.7 Å². The van der Waals surface area contributed by atoms with E-state index in [0.29, 0.717) is 19.0 Å². The average Bonchev–Trinajstić information content (AvgIpc) is 3.07. The monoisotopic (exact) mass is 244 g/mol. The number of aliphatic hydroxyl groups is 1. The zero-order valence-electron chi connectivity index (χ0n) is 10.3. The molecule has 1 aliphatic rings. The minimum absolute atomic E-state index is 0.00212. The first-order valence-corrected chi connectivity index (χ1v) is 5.76. The highest BCUT2D eigenvalue weighted by Crippen LogP contribution is 2.18. The van der Waals surface area contributed by atoms with Gasteiger partial charge in [-0.2, -0.15) is 0 Å². The Morgan fingerprint density at radius 1 is 1.47 bits per heavy atom. The first kappa shape index (κ1) is 13.9. The van der Waals surface area contributed by atoms with Gasteiger partial charge in [0, 0.05) is 25.6 Å². The van der Waals surface area contributed by atoms with E-state index in [0.717, 1.165) is 12.8 Å². The van der Waals surface area contributed by atoms with Gasteiger partial charge in [-0.15, -0.1) is 0 Å². The summed E-state index contributed by atoms with van der Waals surface area (Å²) in [7, 11) is 1.22. The summed E-state index contributed by atoms with van der Waals surface area (Å²) in [5, 5.41) is 15.4. The van der Waals surface area contributed by atoms with Gasteiger partial charge in [0.15, 0.2) is 5.60 Å². The largest absolute Gasteiger partial charge is 0.467 e. The number of ether oxygens (including phenoxy) is 1. The number of hydrogen-bond acceptors (Lipinski definition) is 5. The third-order valence-corrected chi connectivity index (χ3v) is 2.57. The van der Waals surface area contributed by atoms with Crippen LogP contribution in [0.3, 0.4) is 0 Å². The molecule has 1 unspecified atom stereocenters. The number of carbonyl (C=O) groups excluding carboxylic acids is 2. The molecule has 1 fully saturated rings. The second-order valence-electron chi connectivity index (χ2n) is 4.53. The van der Waals surface area contributed by atoms with E-state index in [9.17, 15) is 14.7 Å². The van der Waals surface area contributed by atoms with E-state index >= 15 is 0 Å². The molecule has 1 atom stereocenters. The van der Waals surface area contributed by atoms with Crippen LogP contribution in [0.5, 0.6) is 0 Å². The molecule has 0 bridgehead atoms. The van der Waals surface area contributed by atoms with Gasteiger partial charge in [0.05, 0.1) is 7.11 Å². The normalized spacial score (nSPS) is 18.3. The SMILES string of the molecule is COC(=O)C(C)(O)CNCCC(=O)NC1CC1. The molecule has 17 heavy (non-hydrogen) atoms. The van der Waals surface area contributed by atoms with Gasteiger partial charge in [0.2, 0.25) is 5.91 Å². The van der Waals surface area contributed by atoms with Crippen molar-refractivity contribution < 1.29 is 19.4 Å². The van der Waals surface area contributed by atoms with Crippen LogP contribution in [0, 0.1) is 0 Å². The Labute approximate surface area is 101 Å². The lowest BCUT2D eigenvalue weighted by atomic mass is 10.1. The highest BCUT2D eigenvalue weighted by atomic mass is 16.5. The predicted octanol–water partition coefficient (Wildman–Crippen LogP) is -0.831. The van der Waals surface area contributed by atoms with Crippen molar-refractivity contribution in [3.8, 4) is 0 Å². The van der Waals surface area contributed by atoms with Gasteiger partial charge in [-0.05, 0) is 19.8 Å². The summed E-state index contributed by atoms with van der Waals surface area (Å²) in [6.07, 6.45) is 2.47. The zero-order chi connectivity index (χ0) is 12.9. The van der Waals surface area contributed by atoms with Gasteiger partial charge in [0.25, 0.3) is 0 Å². The second-order valence-corrected chi connectivity index (χ2v) is 4.53. The van der Waals surface area contributed by atoms with E-state index in [2.05, 4.69) is 15.4 Å². The van der Waals surface area contributed by atoms with Crippen LogP contribution in [0.2, 0.25) is 0 Å². The molecule has 0 heterocycles. The van der Waals surface area contributed by atoms with Crippen molar-refractivity contribution in [3.05, 3.63) is 0 Å². The Morgan fingerprint density at radius 2 is 2.12 bits per heavy atom. The molecule has 1 rings (SSSR count). The summed E-state index contributed by atoms with van der Waals surface area (Å²) in [4.78, 5) is 22.4. The molecule has 3 N–H and O–H groups in total. The van der Waals surface area contributed by atoms with Crippen LogP contribution in [-0.4, -0.2) is 48.8 Å². The van der Waals surface area contributed by atoms with Gasteiger partial charge in [-0.1, -0.05) is 0 Å². The third-order valence-electron chi connectivity index (χ3n) is 2.57. The van der Waals surface area contributed by atoms with Crippen molar-refractivity contribution in [2.45, 2.75) is 37.8 Å². The molecule has 6 heteroatoms. The van der Waals surface area contributed by atoms with Crippen LogP contribution in [-0.2, 0) is 14.3 Å². The van der Waals surface area contributed by atoms with E-state index in [1.807, 2.05) is 0 Å². The Hall–Kier alpha value is -1.14. The minimum Gasteiger partial charge on any atom is -0.467 e. The van der Waals surface area contributed by atoms with Crippen LogP contribution >= 0.6 is 0 Å². The molecule has 0 aromatic carbocycles. The summed E-state index contributed by atoms with van der Waals surface area (Å²) in [5.74, 6) is -0.690. The molecule has 6 nitrogen and oxygen atoms in total. The summed E-state index contributed by atoms with van der Waals surface area (Å²) < 4.78 is 4.45. The van der Waals surface area contributed by atoms with Gasteiger partial charge in [-0.3, -0.25) is 4.79 Å². The molecule has 0 saturated heterocycles. The Kier molecular flexibility index (Phi) is 4.89. The van der Waals surface area contributed by atoms with Crippen molar-refractivity contribution in [1.82, 2.24) is 10.6 Å². The van der Waals surface area contributed by atoms with E-state index in [1.54, 1.807) is 0 Å². The molecule has 1 amide bonds. The molecule has 1 aliphatic carbocycles. The third kappa shape index (κ3) is 5.14. The molecule has 0 aromatic rings. The number of hydrogen-bond donors (Lipinski definition) is 3. The number of rotatable bonds is 7. The maximum Gasteiger partial charge on any atom is 0.338 e. The second kappa shape index (κ2) is 5.97. The molecule has 0 aromatic heterocycles. The van der Waals surface area contributed by atoms with Crippen LogP contribution < -0.4 is 10.6 Å². The predicted molar refractivity (Wildman–Crippen MR) is 61.3 cm³/mol. The molecule has 1 saturated carbocycles. The highest BCUT2D eigenvalue weighted by molar-refractivity contribution is 5.79.